The van der Waals surface area contributed by atoms with Crippen molar-refractivity contribution in [2.75, 3.05) is 5.75 Å². The van der Waals surface area contributed by atoms with Crippen molar-refractivity contribution in [3.8, 4) is 0 Å². The molecule has 0 radical (unpaired) electrons. The molecular weight excluding hydrogens is 276 g/mol. The molecule has 0 spiro atoms. The van der Waals surface area contributed by atoms with Crippen LogP contribution in [0.4, 0.5) is 0 Å². The van der Waals surface area contributed by atoms with E-state index in [2.05, 4.69) is 41.4 Å². The summed E-state index contributed by atoms with van der Waals surface area (Å²) in [6.45, 7) is 5.70. The Bertz CT molecular complexity index is 311. The van der Waals surface area contributed by atoms with Gasteiger partial charge in [-0.3, -0.25) is 0 Å². The monoisotopic (exact) mass is 310 g/mol. The first-order valence-electron chi connectivity index (χ1n) is 8.94. The summed E-state index contributed by atoms with van der Waals surface area (Å²) in [7, 11) is 0. The molecule has 0 N–H and O–H groups in total. The maximum Gasteiger partial charge on any atom is 0.0945 e. The van der Waals surface area contributed by atoms with Crippen LogP contribution in [-0.4, -0.2) is 20.6 Å². The van der Waals surface area contributed by atoms with Crippen LogP contribution in [0.2, 0.25) is 0 Å². The van der Waals surface area contributed by atoms with Gasteiger partial charge in [-0.25, -0.2) is 4.98 Å². The molecule has 21 heavy (non-hydrogen) atoms. The second kappa shape index (κ2) is 13.2. The molecule has 1 heterocycles. The number of nitrogens with zero attached hydrogens (tertiary/aromatic N) is 2. The molecule has 2 nitrogen and oxygen atoms in total. The zero-order valence-electron chi connectivity index (χ0n) is 14.1. The van der Waals surface area contributed by atoms with Crippen molar-refractivity contribution < 1.29 is 0 Å². The molecular formula is C18H34N2S. The van der Waals surface area contributed by atoms with Crippen LogP contribution in [0.15, 0.2) is 18.7 Å². The van der Waals surface area contributed by atoms with Crippen LogP contribution in [0.1, 0.15) is 78.1 Å². The molecule has 1 aromatic heterocycles. The minimum Gasteiger partial charge on any atom is -0.337 e. The third-order valence-corrected chi connectivity index (χ3v) is 5.47. The molecule has 122 valence electrons. The van der Waals surface area contributed by atoms with Crippen molar-refractivity contribution in [2.24, 2.45) is 0 Å². The molecule has 0 saturated heterocycles. The normalized spacial score (nSPS) is 12.7. The minimum absolute atomic E-state index is 0.838. The standard InChI is InChI=1S/C18H34N2S/c1-3-5-7-8-10-16-21-18(11-9-6-4-2)12-14-20-15-13-19-17-20/h13,15,17-18H,3-12,14,16H2,1-2H3. The summed E-state index contributed by atoms with van der Waals surface area (Å²) in [5, 5.41) is 0.838. The predicted molar refractivity (Wildman–Crippen MR) is 96.0 cm³/mol. The van der Waals surface area contributed by atoms with Crippen molar-refractivity contribution in [1.82, 2.24) is 9.55 Å². The van der Waals surface area contributed by atoms with Gasteiger partial charge in [-0.15, -0.1) is 0 Å². The Labute approximate surface area is 136 Å². The smallest absolute Gasteiger partial charge is 0.0945 e. The molecule has 1 atom stereocenters. The number of aryl methyl sites for hydroxylation is 1. The van der Waals surface area contributed by atoms with Gasteiger partial charge in [0.05, 0.1) is 6.33 Å². The Kier molecular flexibility index (Phi) is 11.7. The lowest BCUT2D eigenvalue weighted by Gasteiger charge is -2.17. The van der Waals surface area contributed by atoms with Gasteiger partial charge in [-0.2, -0.15) is 11.8 Å². The van der Waals surface area contributed by atoms with Crippen molar-refractivity contribution >= 4 is 11.8 Å². The second-order valence-corrected chi connectivity index (χ2v) is 7.40. The number of hydrogen-bond donors (Lipinski definition) is 0. The van der Waals surface area contributed by atoms with Gasteiger partial charge in [0.1, 0.15) is 0 Å². The van der Waals surface area contributed by atoms with Gasteiger partial charge in [0, 0.05) is 24.2 Å². The largest absolute Gasteiger partial charge is 0.337 e. The van der Waals surface area contributed by atoms with Gasteiger partial charge >= 0.3 is 0 Å². The first kappa shape index (κ1) is 18.6. The molecule has 1 unspecified atom stereocenters. The van der Waals surface area contributed by atoms with E-state index in [1.807, 2.05) is 12.5 Å². The number of imidazole rings is 1. The van der Waals surface area contributed by atoms with E-state index >= 15 is 0 Å². The average Bonchev–Trinajstić information content (AvgIpc) is 3.01. The summed E-state index contributed by atoms with van der Waals surface area (Å²) in [6.07, 6.45) is 19.7. The van der Waals surface area contributed by atoms with Gasteiger partial charge in [-0.05, 0) is 25.0 Å². The van der Waals surface area contributed by atoms with E-state index in [1.165, 1.54) is 70.0 Å². The highest BCUT2D eigenvalue weighted by Crippen LogP contribution is 2.23. The molecule has 1 rings (SSSR count). The second-order valence-electron chi connectivity index (χ2n) is 5.99. The zero-order valence-corrected chi connectivity index (χ0v) is 14.9. The minimum atomic E-state index is 0.838. The maximum atomic E-state index is 4.14. The Morgan fingerprint density at radius 1 is 0.952 bits per heavy atom. The Hall–Kier alpha value is -0.440. The lowest BCUT2D eigenvalue weighted by atomic mass is 10.1. The molecule has 3 heteroatoms. The van der Waals surface area contributed by atoms with Crippen LogP contribution in [0.3, 0.4) is 0 Å². The third kappa shape index (κ3) is 10.00. The van der Waals surface area contributed by atoms with Crippen LogP contribution in [0.5, 0.6) is 0 Å². The topological polar surface area (TPSA) is 17.8 Å². The molecule has 0 fully saturated rings. The fourth-order valence-corrected chi connectivity index (χ4v) is 3.91. The van der Waals surface area contributed by atoms with Crippen molar-refractivity contribution in [3.05, 3.63) is 18.7 Å². The fraction of sp³-hybridized carbons (Fsp3) is 0.833. The van der Waals surface area contributed by atoms with Crippen LogP contribution in [0.25, 0.3) is 0 Å². The molecule has 0 bridgehead atoms. The van der Waals surface area contributed by atoms with E-state index in [0.29, 0.717) is 0 Å². The Morgan fingerprint density at radius 2 is 1.71 bits per heavy atom. The Balaban J connectivity index is 2.16. The first-order chi connectivity index (χ1) is 10.4. The van der Waals surface area contributed by atoms with E-state index in [9.17, 15) is 0 Å². The van der Waals surface area contributed by atoms with Crippen LogP contribution in [0, 0.1) is 0 Å². The molecule has 0 aromatic carbocycles. The highest BCUT2D eigenvalue weighted by molar-refractivity contribution is 7.99. The third-order valence-electron chi connectivity index (χ3n) is 4.00. The van der Waals surface area contributed by atoms with Crippen molar-refractivity contribution in [1.29, 1.82) is 0 Å². The van der Waals surface area contributed by atoms with Gasteiger partial charge in [0.2, 0.25) is 0 Å². The summed E-state index contributed by atoms with van der Waals surface area (Å²) >= 11 is 2.22. The number of aromatic nitrogens is 2. The zero-order chi connectivity index (χ0) is 15.2. The molecule has 1 aromatic rings. The summed E-state index contributed by atoms with van der Waals surface area (Å²) in [6, 6.07) is 0. The highest BCUT2D eigenvalue weighted by Gasteiger charge is 2.09. The SMILES string of the molecule is CCCCCCCSC(CCCCC)CCn1ccnc1. The molecule has 0 amide bonds. The van der Waals surface area contributed by atoms with Crippen molar-refractivity contribution in [2.45, 2.75) is 89.9 Å². The lowest BCUT2D eigenvalue weighted by molar-refractivity contribution is 0.568. The van der Waals surface area contributed by atoms with Crippen molar-refractivity contribution in [3.63, 3.8) is 0 Å². The number of rotatable bonds is 14. The van der Waals surface area contributed by atoms with Crippen LogP contribution >= 0.6 is 11.8 Å². The van der Waals surface area contributed by atoms with Gasteiger partial charge in [0.25, 0.3) is 0 Å². The predicted octanol–water partition coefficient (Wildman–Crippen LogP) is 5.93. The number of thioether (sulfide) groups is 1. The lowest BCUT2D eigenvalue weighted by Crippen LogP contribution is -2.08. The van der Waals surface area contributed by atoms with E-state index in [0.717, 1.165) is 11.8 Å². The quantitative estimate of drug-likeness (QED) is 0.397. The fourth-order valence-electron chi connectivity index (χ4n) is 2.60. The van der Waals surface area contributed by atoms with Crippen LogP contribution in [-0.2, 0) is 6.54 Å². The molecule has 0 saturated carbocycles. The molecule has 0 aliphatic heterocycles. The molecule has 0 aliphatic rings. The average molecular weight is 311 g/mol. The summed E-state index contributed by atoms with van der Waals surface area (Å²) in [5.41, 5.74) is 0. The summed E-state index contributed by atoms with van der Waals surface area (Å²) in [4.78, 5) is 4.14. The summed E-state index contributed by atoms with van der Waals surface area (Å²) in [5.74, 6) is 1.35. The van der Waals surface area contributed by atoms with Gasteiger partial charge in [-0.1, -0.05) is 58.8 Å². The van der Waals surface area contributed by atoms with E-state index < -0.39 is 0 Å². The number of unbranched alkanes of at least 4 members (excludes halogenated alkanes) is 6. The van der Waals surface area contributed by atoms with E-state index in [-0.39, 0.29) is 0 Å². The van der Waals surface area contributed by atoms with Gasteiger partial charge in [0.15, 0.2) is 0 Å². The van der Waals surface area contributed by atoms with E-state index in [1.54, 1.807) is 0 Å². The van der Waals surface area contributed by atoms with E-state index in [4.69, 9.17) is 0 Å². The maximum absolute atomic E-state index is 4.14. The summed E-state index contributed by atoms with van der Waals surface area (Å²) < 4.78 is 2.22. The molecule has 0 aliphatic carbocycles. The highest BCUT2D eigenvalue weighted by atomic mass is 32.2. The Morgan fingerprint density at radius 3 is 2.43 bits per heavy atom. The number of hydrogen-bond acceptors (Lipinski definition) is 2. The van der Waals surface area contributed by atoms with Crippen LogP contribution < -0.4 is 0 Å². The van der Waals surface area contributed by atoms with Gasteiger partial charge < -0.3 is 4.57 Å². The first-order valence-corrected chi connectivity index (χ1v) is 9.99.